The van der Waals surface area contributed by atoms with E-state index in [0.717, 1.165) is 34.1 Å². The van der Waals surface area contributed by atoms with Crippen molar-refractivity contribution in [1.29, 1.82) is 0 Å². The Hall–Kier alpha value is -7.82. The van der Waals surface area contributed by atoms with Gasteiger partial charge < -0.3 is 18.4 Å². The molecule has 0 saturated carbocycles. The maximum atomic E-state index is 6.33. The highest BCUT2D eigenvalue weighted by molar-refractivity contribution is 6.14. The van der Waals surface area contributed by atoms with Crippen molar-refractivity contribution < 1.29 is 4.74 Å². The predicted octanol–water partition coefficient (Wildman–Crippen LogP) is 14.4. The monoisotopic (exact) mass is 739 g/mol. The summed E-state index contributed by atoms with van der Waals surface area (Å²) in [6, 6.07) is 72.5. The summed E-state index contributed by atoms with van der Waals surface area (Å²) >= 11 is 0. The maximum absolute atomic E-state index is 6.33. The van der Waals surface area contributed by atoms with E-state index < -0.39 is 0 Å². The Bertz CT molecular complexity index is 3580. The number of hydrogen-bond donors (Lipinski definition) is 0. The molecule has 9 aromatic carbocycles. The molecular weight excluding hydrogens is 707 g/mol. The summed E-state index contributed by atoms with van der Waals surface area (Å²) in [5.74, 6) is 1.77. The lowest BCUT2D eigenvalue weighted by Gasteiger charge is -2.20. The molecule has 0 N–H and O–H groups in total. The van der Waals surface area contributed by atoms with E-state index in [0.29, 0.717) is 0 Å². The molecule has 0 atom stereocenters. The van der Waals surface area contributed by atoms with Crippen LogP contribution in [0.4, 0.5) is 0 Å². The summed E-state index contributed by atoms with van der Waals surface area (Å²) in [5.41, 5.74) is 15.3. The first-order chi connectivity index (χ1) is 28.8. The largest absolute Gasteiger partial charge is 0.453 e. The Kier molecular flexibility index (Phi) is 6.41. The van der Waals surface area contributed by atoms with Gasteiger partial charge in [-0.3, -0.25) is 0 Å². The fourth-order valence-corrected chi connectivity index (χ4v) is 9.63. The molecule has 12 aromatic rings. The minimum atomic E-state index is 0.878. The van der Waals surface area contributed by atoms with Gasteiger partial charge in [0.1, 0.15) is 0 Å². The van der Waals surface area contributed by atoms with Crippen LogP contribution < -0.4 is 4.74 Å². The van der Waals surface area contributed by atoms with Crippen molar-refractivity contribution in [3.8, 4) is 50.8 Å². The van der Waals surface area contributed by atoms with Crippen LogP contribution in [-0.2, 0) is 0 Å². The van der Waals surface area contributed by atoms with Gasteiger partial charge in [0.05, 0.1) is 38.8 Å². The summed E-state index contributed by atoms with van der Waals surface area (Å²) in [6.45, 7) is 0. The van der Waals surface area contributed by atoms with E-state index in [2.05, 4.69) is 202 Å². The Labute approximate surface area is 333 Å². The second kappa shape index (κ2) is 11.8. The zero-order valence-electron chi connectivity index (χ0n) is 31.3. The van der Waals surface area contributed by atoms with Gasteiger partial charge >= 0.3 is 0 Å². The lowest BCUT2D eigenvalue weighted by Crippen LogP contribution is -2.03. The molecule has 0 unspecified atom stereocenters. The lowest BCUT2D eigenvalue weighted by atomic mass is 9.99. The van der Waals surface area contributed by atoms with Gasteiger partial charge in [-0.1, -0.05) is 127 Å². The Balaban J connectivity index is 0.864. The fourth-order valence-electron chi connectivity index (χ4n) is 9.63. The molecular formula is C54H33N3O. The van der Waals surface area contributed by atoms with Gasteiger partial charge in [-0.2, -0.15) is 0 Å². The van der Waals surface area contributed by atoms with E-state index in [1.807, 2.05) is 12.1 Å². The lowest BCUT2D eigenvalue weighted by molar-refractivity contribution is 0.476. The van der Waals surface area contributed by atoms with E-state index in [4.69, 9.17) is 4.74 Å². The van der Waals surface area contributed by atoms with Gasteiger partial charge in [0.25, 0.3) is 0 Å². The van der Waals surface area contributed by atoms with Gasteiger partial charge in [-0.15, -0.1) is 0 Å². The van der Waals surface area contributed by atoms with Crippen molar-refractivity contribution in [3.63, 3.8) is 0 Å². The highest BCUT2D eigenvalue weighted by Gasteiger charge is 2.24. The van der Waals surface area contributed by atoms with Crippen LogP contribution in [0.15, 0.2) is 200 Å². The third kappa shape index (κ3) is 4.40. The first-order valence-electron chi connectivity index (χ1n) is 19.8. The third-order valence-corrected chi connectivity index (χ3v) is 12.2. The molecule has 58 heavy (non-hydrogen) atoms. The van der Waals surface area contributed by atoms with Crippen LogP contribution in [0.1, 0.15) is 0 Å². The van der Waals surface area contributed by atoms with Crippen molar-refractivity contribution in [3.05, 3.63) is 200 Å². The van der Waals surface area contributed by atoms with Crippen molar-refractivity contribution in [1.82, 2.24) is 13.7 Å². The minimum Gasteiger partial charge on any atom is -0.453 e. The predicted molar refractivity (Wildman–Crippen MR) is 240 cm³/mol. The third-order valence-electron chi connectivity index (χ3n) is 12.2. The average Bonchev–Trinajstić information content (AvgIpc) is 3.93. The number of para-hydroxylation sites is 6. The highest BCUT2D eigenvalue weighted by Crippen LogP contribution is 2.46. The second-order valence-corrected chi connectivity index (χ2v) is 15.3. The number of rotatable bonds is 4. The summed E-state index contributed by atoms with van der Waals surface area (Å²) < 4.78 is 13.5. The van der Waals surface area contributed by atoms with Crippen LogP contribution in [0.25, 0.3) is 105 Å². The fraction of sp³-hybridized carbons (Fsp3) is 0. The van der Waals surface area contributed by atoms with Crippen molar-refractivity contribution in [2.24, 2.45) is 0 Å². The standard InChI is InChI=1S/C54H33N3O/c1-4-14-46-40(10-1)41-11-2-5-15-47(41)56(46)39-29-31-49-45(33-39)42-12-3-6-16-48(42)55(49)38-27-24-35(25-28-38)34-20-22-36(23-21-34)37-26-30-43-44-13-9-19-53-54(44)57(51(43)32-37)50-17-7-8-18-52(50)58-53/h1-33H. The summed E-state index contributed by atoms with van der Waals surface area (Å²) in [6.07, 6.45) is 0. The van der Waals surface area contributed by atoms with Gasteiger partial charge in [-0.05, 0) is 95.1 Å². The molecule has 0 aliphatic carbocycles. The maximum Gasteiger partial charge on any atom is 0.152 e. The zero-order chi connectivity index (χ0) is 37.9. The number of hydrogen-bond acceptors (Lipinski definition) is 1. The molecule has 4 heterocycles. The first kappa shape index (κ1) is 31.4. The van der Waals surface area contributed by atoms with Crippen LogP contribution in [0.2, 0.25) is 0 Å². The molecule has 1 aliphatic rings. The molecule has 13 rings (SSSR count). The molecule has 4 heteroatoms. The van der Waals surface area contributed by atoms with Gasteiger partial charge in [0, 0.05) is 43.7 Å². The molecule has 270 valence electrons. The SMILES string of the molecule is c1ccc2c(c1)Oc1cccc3c4ccc(-c5ccc(-c6ccc(-n7c8ccccc8c8cc(-n9c%10ccccc%10c%10ccccc%109)ccc87)cc6)cc5)cc4n-2c13. The number of benzene rings is 9. The molecule has 3 aromatic heterocycles. The topological polar surface area (TPSA) is 24.0 Å². The van der Waals surface area contributed by atoms with Crippen LogP contribution in [0.3, 0.4) is 0 Å². The normalized spacial score (nSPS) is 12.3. The quantitative estimate of drug-likeness (QED) is 0.176. The number of ether oxygens (including phenoxy) is 1. The smallest absolute Gasteiger partial charge is 0.152 e. The van der Waals surface area contributed by atoms with E-state index in [-0.39, 0.29) is 0 Å². The minimum absolute atomic E-state index is 0.878. The number of nitrogens with zero attached hydrogens (tertiary/aromatic N) is 3. The van der Waals surface area contributed by atoms with E-state index in [1.54, 1.807) is 0 Å². The van der Waals surface area contributed by atoms with Crippen LogP contribution in [-0.4, -0.2) is 13.7 Å². The van der Waals surface area contributed by atoms with Crippen molar-refractivity contribution in [2.75, 3.05) is 0 Å². The first-order valence-corrected chi connectivity index (χ1v) is 19.8. The summed E-state index contributed by atoms with van der Waals surface area (Å²) in [5, 5.41) is 7.46. The van der Waals surface area contributed by atoms with Gasteiger partial charge in [0.15, 0.2) is 11.5 Å². The Morgan fingerprint density at radius 3 is 1.47 bits per heavy atom. The van der Waals surface area contributed by atoms with Crippen LogP contribution in [0, 0.1) is 0 Å². The molecule has 0 saturated heterocycles. The van der Waals surface area contributed by atoms with Gasteiger partial charge in [0.2, 0.25) is 0 Å². The van der Waals surface area contributed by atoms with Crippen LogP contribution >= 0.6 is 0 Å². The molecule has 1 aliphatic heterocycles. The zero-order valence-corrected chi connectivity index (χ0v) is 31.3. The molecule has 0 bridgehead atoms. The van der Waals surface area contributed by atoms with E-state index in [1.165, 1.54) is 82.2 Å². The van der Waals surface area contributed by atoms with E-state index >= 15 is 0 Å². The van der Waals surface area contributed by atoms with Crippen molar-refractivity contribution in [2.45, 2.75) is 0 Å². The molecule has 0 fully saturated rings. The molecule has 0 spiro atoms. The number of aromatic nitrogens is 3. The molecule has 0 radical (unpaired) electrons. The Morgan fingerprint density at radius 2 is 0.759 bits per heavy atom. The number of fused-ring (bicyclic) bond motifs is 11. The molecule has 4 nitrogen and oxygen atoms in total. The van der Waals surface area contributed by atoms with Gasteiger partial charge in [-0.25, -0.2) is 0 Å². The van der Waals surface area contributed by atoms with Crippen molar-refractivity contribution >= 4 is 65.4 Å². The average molecular weight is 740 g/mol. The second-order valence-electron chi connectivity index (χ2n) is 15.3. The highest BCUT2D eigenvalue weighted by atomic mass is 16.5. The van der Waals surface area contributed by atoms with E-state index in [9.17, 15) is 0 Å². The molecule has 0 amide bonds. The summed E-state index contributed by atoms with van der Waals surface area (Å²) in [4.78, 5) is 0. The Morgan fingerprint density at radius 1 is 0.276 bits per heavy atom. The summed E-state index contributed by atoms with van der Waals surface area (Å²) in [7, 11) is 0. The van der Waals surface area contributed by atoms with Crippen LogP contribution in [0.5, 0.6) is 11.5 Å².